The summed E-state index contributed by atoms with van der Waals surface area (Å²) in [5.74, 6) is 0. The second kappa shape index (κ2) is 6.32. The Morgan fingerprint density at radius 1 is 0.933 bits per heavy atom. The van der Waals surface area contributed by atoms with E-state index in [-0.39, 0.29) is 29.6 Å². The molecule has 0 heterocycles. The molecule has 0 fully saturated rings. The van der Waals surface area contributed by atoms with Gasteiger partial charge in [0, 0.05) is 0 Å². The van der Waals surface area contributed by atoms with Crippen molar-refractivity contribution in [2.24, 2.45) is 0 Å². The van der Waals surface area contributed by atoms with E-state index in [0.29, 0.717) is 0 Å². The third kappa shape index (κ3) is 3.07. The molecule has 1 heteroatoms. The van der Waals surface area contributed by atoms with Crippen LogP contribution in [0.25, 0.3) is 11.1 Å². The summed E-state index contributed by atoms with van der Waals surface area (Å²) in [6, 6.07) is 15.2. The SMILES string of the molecule is CCCCc1ccc2cccccc1-2.[NaH]. The van der Waals surface area contributed by atoms with Crippen molar-refractivity contribution in [2.75, 3.05) is 0 Å². The second-order valence-corrected chi connectivity index (χ2v) is 3.74. The molecule has 0 aliphatic heterocycles. The van der Waals surface area contributed by atoms with Crippen molar-refractivity contribution in [3.63, 3.8) is 0 Å². The summed E-state index contributed by atoms with van der Waals surface area (Å²) in [7, 11) is 0. The van der Waals surface area contributed by atoms with Crippen LogP contribution in [0.15, 0.2) is 42.5 Å². The topological polar surface area (TPSA) is 0 Å². The molecule has 2 aliphatic rings. The molecular formula is C14H17Na. The Balaban J connectivity index is 0.00000112. The summed E-state index contributed by atoms with van der Waals surface area (Å²) in [6.07, 6.45) is 3.77. The molecule has 0 N–H and O–H groups in total. The van der Waals surface area contributed by atoms with Crippen LogP contribution in [0.2, 0.25) is 0 Å². The van der Waals surface area contributed by atoms with E-state index in [0.717, 1.165) is 0 Å². The predicted molar refractivity (Wildman–Crippen MR) is 68.8 cm³/mol. The van der Waals surface area contributed by atoms with E-state index in [1.165, 1.54) is 36.0 Å². The van der Waals surface area contributed by atoms with Gasteiger partial charge in [-0.15, -0.1) is 0 Å². The van der Waals surface area contributed by atoms with Crippen LogP contribution in [-0.2, 0) is 6.42 Å². The first-order chi connectivity index (χ1) is 6.92. The van der Waals surface area contributed by atoms with Crippen LogP contribution in [-0.4, -0.2) is 29.6 Å². The molecule has 0 saturated heterocycles. The minimum atomic E-state index is 0. The van der Waals surface area contributed by atoms with Crippen LogP contribution in [0.3, 0.4) is 0 Å². The summed E-state index contributed by atoms with van der Waals surface area (Å²) in [4.78, 5) is 0. The van der Waals surface area contributed by atoms with Gasteiger partial charge in [0.15, 0.2) is 0 Å². The van der Waals surface area contributed by atoms with Gasteiger partial charge in [0.2, 0.25) is 0 Å². The van der Waals surface area contributed by atoms with E-state index in [9.17, 15) is 0 Å². The number of hydrogen-bond donors (Lipinski definition) is 0. The van der Waals surface area contributed by atoms with Gasteiger partial charge in [0.25, 0.3) is 0 Å². The summed E-state index contributed by atoms with van der Waals surface area (Å²) < 4.78 is 0. The fourth-order valence-corrected chi connectivity index (χ4v) is 1.86. The average molecular weight is 208 g/mol. The molecule has 2 rings (SSSR count). The van der Waals surface area contributed by atoms with Crippen LogP contribution in [0, 0.1) is 0 Å². The predicted octanol–water partition coefficient (Wildman–Crippen LogP) is 3.49. The molecule has 74 valence electrons. The van der Waals surface area contributed by atoms with Gasteiger partial charge in [0.1, 0.15) is 0 Å². The number of aryl methyl sites for hydroxylation is 1. The zero-order valence-corrected chi connectivity index (χ0v) is 8.66. The van der Waals surface area contributed by atoms with E-state index in [1.807, 2.05) is 0 Å². The molecule has 0 amide bonds. The molecule has 0 saturated carbocycles. The molecule has 0 spiro atoms. The van der Waals surface area contributed by atoms with Crippen molar-refractivity contribution in [2.45, 2.75) is 26.2 Å². The zero-order valence-electron chi connectivity index (χ0n) is 8.66. The van der Waals surface area contributed by atoms with E-state index < -0.39 is 0 Å². The number of unbranched alkanes of at least 4 members (excludes halogenated alkanes) is 1. The Morgan fingerprint density at radius 2 is 1.73 bits per heavy atom. The monoisotopic (exact) mass is 208 g/mol. The summed E-state index contributed by atoms with van der Waals surface area (Å²) >= 11 is 0. The first-order valence-electron chi connectivity index (χ1n) is 5.38. The zero-order chi connectivity index (χ0) is 9.80. The fraction of sp³-hybridized carbons (Fsp3) is 0.286. The first kappa shape index (κ1) is 12.8. The summed E-state index contributed by atoms with van der Waals surface area (Å²) in [6.45, 7) is 2.24. The number of fused-ring (bicyclic) bond motifs is 1. The Morgan fingerprint density at radius 3 is 2.53 bits per heavy atom. The molecule has 0 atom stereocenters. The average Bonchev–Trinajstić information content (AvgIpc) is 2.45. The Kier molecular flexibility index (Phi) is 5.38. The second-order valence-electron chi connectivity index (χ2n) is 3.74. The number of rotatable bonds is 3. The number of hydrogen-bond acceptors (Lipinski definition) is 0. The maximum absolute atomic E-state index is 2.26. The van der Waals surface area contributed by atoms with Crippen molar-refractivity contribution in [3.05, 3.63) is 48.0 Å². The van der Waals surface area contributed by atoms with Gasteiger partial charge >= 0.3 is 29.6 Å². The normalized spacial score (nSPS) is 9.93. The first-order valence-corrected chi connectivity index (χ1v) is 5.38. The molecule has 0 aromatic heterocycles. The standard InChI is InChI=1S/C14H16.Na.H/c1-2-3-7-12-10-11-13-8-5-4-6-9-14(12)13;;/h4-6,8-11H,2-3,7H2,1H3;;. The van der Waals surface area contributed by atoms with Crippen molar-refractivity contribution >= 4 is 29.6 Å². The minimum absolute atomic E-state index is 0. The van der Waals surface area contributed by atoms with E-state index in [1.54, 1.807) is 0 Å². The van der Waals surface area contributed by atoms with Gasteiger partial charge in [0.05, 0.1) is 0 Å². The van der Waals surface area contributed by atoms with Gasteiger partial charge < -0.3 is 0 Å². The Hall–Kier alpha value is -0.300. The van der Waals surface area contributed by atoms with E-state index >= 15 is 0 Å². The van der Waals surface area contributed by atoms with Crippen molar-refractivity contribution in [1.29, 1.82) is 0 Å². The van der Waals surface area contributed by atoms with Crippen LogP contribution in [0.4, 0.5) is 0 Å². The van der Waals surface area contributed by atoms with Crippen LogP contribution < -0.4 is 0 Å². The quantitative estimate of drug-likeness (QED) is 0.677. The Bertz CT molecular complexity index is 381. The van der Waals surface area contributed by atoms with Gasteiger partial charge in [-0.1, -0.05) is 55.8 Å². The molecule has 2 aliphatic carbocycles. The molecule has 0 aromatic rings. The van der Waals surface area contributed by atoms with Crippen LogP contribution in [0.5, 0.6) is 0 Å². The van der Waals surface area contributed by atoms with E-state index in [4.69, 9.17) is 0 Å². The third-order valence-electron chi connectivity index (χ3n) is 2.68. The van der Waals surface area contributed by atoms with Gasteiger partial charge in [-0.2, -0.15) is 0 Å². The van der Waals surface area contributed by atoms with Crippen LogP contribution in [0.1, 0.15) is 25.3 Å². The molecule has 15 heavy (non-hydrogen) atoms. The van der Waals surface area contributed by atoms with E-state index in [2.05, 4.69) is 49.4 Å². The van der Waals surface area contributed by atoms with Gasteiger partial charge in [-0.3, -0.25) is 0 Å². The molecule has 0 nitrogen and oxygen atoms in total. The fourth-order valence-electron chi connectivity index (χ4n) is 1.86. The van der Waals surface area contributed by atoms with Crippen LogP contribution >= 0.6 is 0 Å². The van der Waals surface area contributed by atoms with Gasteiger partial charge in [-0.05, 0) is 29.5 Å². The summed E-state index contributed by atoms with van der Waals surface area (Å²) in [5.41, 5.74) is 4.28. The molecule has 0 unspecified atom stereocenters. The van der Waals surface area contributed by atoms with Gasteiger partial charge in [-0.25, -0.2) is 0 Å². The summed E-state index contributed by atoms with van der Waals surface area (Å²) in [5, 5.41) is 0. The Labute approximate surface area is 114 Å². The molecule has 0 aromatic carbocycles. The molecule has 0 bridgehead atoms. The molecule has 0 radical (unpaired) electrons. The van der Waals surface area contributed by atoms with Crippen molar-refractivity contribution in [3.8, 4) is 11.1 Å². The molecular weight excluding hydrogens is 191 g/mol. The maximum atomic E-state index is 2.26. The van der Waals surface area contributed by atoms with Crippen molar-refractivity contribution in [1.82, 2.24) is 0 Å². The van der Waals surface area contributed by atoms with Crippen molar-refractivity contribution < 1.29 is 0 Å². The third-order valence-corrected chi connectivity index (χ3v) is 2.68.